The van der Waals surface area contributed by atoms with Crippen LogP contribution in [-0.2, 0) is 11.2 Å². The molecule has 0 saturated carbocycles. The highest BCUT2D eigenvalue weighted by Crippen LogP contribution is 2.37. The molecule has 34 heavy (non-hydrogen) atoms. The van der Waals surface area contributed by atoms with Gasteiger partial charge in [0.25, 0.3) is 0 Å². The minimum atomic E-state index is -0.803. The van der Waals surface area contributed by atoms with Gasteiger partial charge in [0.05, 0.1) is 36.4 Å². The molecular weight excluding hydrogens is 437 g/mol. The summed E-state index contributed by atoms with van der Waals surface area (Å²) in [6.45, 7) is 3.06. The van der Waals surface area contributed by atoms with Crippen LogP contribution in [0.25, 0.3) is 16.7 Å². The zero-order chi connectivity index (χ0) is 23.8. The highest BCUT2D eigenvalue weighted by atomic mass is 19.1. The van der Waals surface area contributed by atoms with Gasteiger partial charge in [-0.2, -0.15) is 0 Å². The number of anilines is 1. The predicted molar refractivity (Wildman–Crippen MR) is 126 cm³/mol. The van der Waals surface area contributed by atoms with Crippen molar-refractivity contribution in [3.05, 3.63) is 77.4 Å². The number of carboxylic acids is 1. The molecule has 8 heteroatoms. The number of nitrogens with zero attached hydrogens (tertiary/aromatic N) is 2. The molecule has 2 aliphatic heterocycles. The molecule has 0 amide bonds. The zero-order valence-corrected chi connectivity index (χ0v) is 18.6. The molecule has 0 radical (unpaired) electrons. The van der Waals surface area contributed by atoms with Gasteiger partial charge in [-0.25, -0.2) is 9.37 Å². The Morgan fingerprint density at radius 3 is 2.88 bits per heavy atom. The van der Waals surface area contributed by atoms with Crippen LogP contribution in [0, 0.1) is 12.7 Å². The van der Waals surface area contributed by atoms with Crippen molar-refractivity contribution < 1.29 is 23.8 Å². The molecule has 0 fully saturated rings. The van der Waals surface area contributed by atoms with Crippen LogP contribution in [0.15, 0.2) is 54.6 Å². The smallest absolute Gasteiger partial charge is 0.304 e. The van der Waals surface area contributed by atoms with Crippen molar-refractivity contribution in [3.8, 4) is 17.2 Å². The lowest BCUT2D eigenvalue weighted by Gasteiger charge is -2.11. The summed E-state index contributed by atoms with van der Waals surface area (Å²) in [5, 5.41) is 8.67. The number of imidazole rings is 1. The van der Waals surface area contributed by atoms with E-state index in [0.29, 0.717) is 18.9 Å². The van der Waals surface area contributed by atoms with E-state index in [1.165, 1.54) is 17.7 Å². The van der Waals surface area contributed by atoms with Crippen molar-refractivity contribution in [2.24, 2.45) is 0 Å². The molecule has 1 unspecified atom stereocenters. The standard InChI is InChI=1S/C16H13FN2O.C10H11NO3/c1-10-18-13-6-5-12(17)9-15(13)19(10)14-4-2-3-11-7-8-20-16(11)14;11-7-1-2-8-6(3-10(12)13)5-14-9(8)4-7/h2-6,9H,7-8H2,1H3;1-2,4,6H,3,5,11H2,(H,12,13). The molecule has 1 aromatic heterocycles. The number of rotatable bonds is 3. The summed E-state index contributed by atoms with van der Waals surface area (Å²) < 4.78 is 26.6. The fraction of sp³-hybridized carbons (Fsp3) is 0.231. The lowest BCUT2D eigenvalue weighted by molar-refractivity contribution is -0.137. The molecular formula is C26H24FN3O4. The molecule has 3 aromatic carbocycles. The minimum Gasteiger partial charge on any atom is -0.493 e. The van der Waals surface area contributed by atoms with Gasteiger partial charge in [-0.1, -0.05) is 18.2 Å². The number of nitrogen functional groups attached to an aromatic ring is 1. The number of hydrogen-bond acceptors (Lipinski definition) is 5. The van der Waals surface area contributed by atoms with Gasteiger partial charge in [0.1, 0.15) is 23.1 Å². The third-order valence-electron chi connectivity index (χ3n) is 6.06. The largest absolute Gasteiger partial charge is 0.493 e. The first-order valence-corrected chi connectivity index (χ1v) is 11.0. The Hall–Kier alpha value is -4.07. The van der Waals surface area contributed by atoms with Gasteiger partial charge in [0.15, 0.2) is 0 Å². The summed E-state index contributed by atoms with van der Waals surface area (Å²) >= 11 is 0. The number of carboxylic acid groups (broad SMARTS) is 1. The first kappa shape index (κ1) is 21.8. The molecule has 3 heterocycles. The Bertz CT molecular complexity index is 1400. The van der Waals surface area contributed by atoms with E-state index in [1.807, 2.05) is 29.7 Å². The number of para-hydroxylation sites is 1. The number of benzene rings is 3. The molecule has 4 aromatic rings. The fourth-order valence-electron chi connectivity index (χ4n) is 4.52. The van der Waals surface area contributed by atoms with Crippen LogP contribution in [0.3, 0.4) is 0 Å². The quantitative estimate of drug-likeness (QED) is 0.432. The number of hydrogen-bond donors (Lipinski definition) is 2. The molecule has 0 bridgehead atoms. The summed E-state index contributed by atoms with van der Waals surface area (Å²) in [6, 6.07) is 16.1. The second-order valence-corrected chi connectivity index (χ2v) is 8.39. The van der Waals surface area contributed by atoms with Gasteiger partial charge in [-0.15, -0.1) is 0 Å². The van der Waals surface area contributed by atoms with E-state index in [-0.39, 0.29) is 18.2 Å². The average Bonchev–Trinajstić information content (AvgIpc) is 3.50. The molecule has 2 aliphatic rings. The molecule has 0 aliphatic carbocycles. The summed E-state index contributed by atoms with van der Waals surface area (Å²) in [4.78, 5) is 15.0. The van der Waals surface area contributed by atoms with Crippen LogP contribution in [0.1, 0.15) is 29.3 Å². The Labute approximate surface area is 195 Å². The lowest BCUT2D eigenvalue weighted by atomic mass is 9.98. The van der Waals surface area contributed by atoms with E-state index in [2.05, 4.69) is 11.1 Å². The van der Waals surface area contributed by atoms with Crippen LogP contribution in [-0.4, -0.2) is 33.8 Å². The van der Waals surface area contributed by atoms with Crippen molar-refractivity contribution in [3.63, 3.8) is 0 Å². The molecule has 3 N–H and O–H groups in total. The zero-order valence-electron chi connectivity index (χ0n) is 18.6. The second kappa shape index (κ2) is 8.70. The van der Waals surface area contributed by atoms with E-state index in [0.717, 1.165) is 46.0 Å². The van der Waals surface area contributed by atoms with Crippen molar-refractivity contribution in [1.82, 2.24) is 9.55 Å². The lowest BCUT2D eigenvalue weighted by Crippen LogP contribution is -2.07. The number of aliphatic carboxylic acids is 1. The van der Waals surface area contributed by atoms with Crippen LogP contribution in [0.2, 0.25) is 0 Å². The number of aryl methyl sites for hydroxylation is 1. The normalized spacial score (nSPS) is 15.6. The summed E-state index contributed by atoms with van der Waals surface area (Å²) in [5.74, 6) is 1.34. The van der Waals surface area contributed by atoms with Crippen molar-refractivity contribution >= 4 is 22.7 Å². The molecule has 0 spiro atoms. The average molecular weight is 461 g/mol. The van der Waals surface area contributed by atoms with Crippen LogP contribution in [0.4, 0.5) is 10.1 Å². The Balaban J connectivity index is 0.000000152. The number of fused-ring (bicyclic) bond motifs is 3. The van der Waals surface area contributed by atoms with Gasteiger partial charge >= 0.3 is 5.97 Å². The molecule has 7 nitrogen and oxygen atoms in total. The van der Waals surface area contributed by atoms with Crippen LogP contribution in [0.5, 0.6) is 11.5 Å². The van der Waals surface area contributed by atoms with Gasteiger partial charge in [-0.05, 0) is 36.8 Å². The highest BCUT2D eigenvalue weighted by Gasteiger charge is 2.26. The van der Waals surface area contributed by atoms with Crippen molar-refractivity contribution in [2.75, 3.05) is 18.9 Å². The van der Waals surface area contributed by atoms with E-state index >= 15 is 0 Å². The maximum Gasteiger partial charge on any atom is 0.304 e. The fourth-order valence-corrected chi connectivity index (χ4v) is 4.52. The van der Waals surface area contributed by atoms with Crippen molar-refractivity contribution in [1.29, 1.82) is 0 Å². The van der Waals surface area contributed by atoms with E-state index < -0.39 is 5.97 Å². The van der Waals surface area contributed by atoms with Gasteiger partial charge in [0.2, 0.25) is 0 Å². The van der Waals surface area contributed by atoms with Crippen LogP contribution >= 0.6 is 0 Å². The third-order valence-corrected chi connectivity index (χ3v) is 6.06. The monoisotopic (exact) mass is 461 g/mol. The molecule has 174 valence electrons. The van der Waals surface area contributed by atoms with Gasteiger partial charge < -0.3 is 20.3 Å². The molecule has 6 rings (SSSR count). The second-order valence-electron chi connectivity index (χ2n) is 8.39. The summed E-state index contributed by atoms with van der Waals surface area (Å²) in [6.07, 6.45) is 1.03. The van der Waals surface area contributed by atoms with Gasteiger partial charge in [-0.3, -0.25) is 9.36 Å². The number of nitrogens with two attached hydrogens (primary N) is 1. The highest BCUT2D eigenvalue weighted by molar-refractivity contribution is 5.79. The third kappa shape index (κ3) is 4.03. The van der Waals surface area contributed by atoms with Gasteiger partial charge in [0, 0.05) is 35.7 Å². The Kier molecular flexibility index (Phi) is 5.57. The molecule has 1 atom stereocenters. The number of ether oxygens (including phenoxy) is 2. The first-order chi connectivity index (χ1) is 16.4. The van der Waals surface area contributed by atoms with E-state index in [9.17, 15) is 9.18 Å². The number of aromatic nitrogens is 2. The van der Waals surface area contributed by atoms with Crippen molar-refractivity contribution in [2.45, 2.75) is 25.7 Å². The Morgan fingerprint density at radius 1 is 1.21 bits per heavy atom. The molecule has 0 saturated heterocycles. The minimum absolute atomic E-state index is 0.0388. The summed E-state index contributed by atoms with van der Waals surface area (Å²) in [7, 11) is 0. The number of carbonyl (C=O) groups is 1. The SMILES string of the molecule is Cc1nc2ccc(F)cc2n1-c1cccc2c1OCC2.Nc1ccc2c(c1)OCC2CC(=O)O. The first-order valence-electron chi connectivity index (χ1n) is 11.0. The van der Waals surface area contributed by atoms with Crippen LogP contribution < -0.4 is 15.2 Å². The maximum atomic E-state index is 13.5. The maximum absolute atomic E-state index is 13.5. The number of halogens is 1. The predicted octanol–water partition coefficient (Wildman–Crippen LogP) is 4.63. The summed E-state index contributed by atoms with van der Waals surface area (Å²) in [5.41, 5.74) is 10.9. The van der Waals surface area contributed by atoms with E-state index in [4.69, 9.17) is 20.3 Å². The topological polar surface area (TPSA) is 99.6 Å². The van der Waals surface area contributed by atoms with E-state index in [1.54, 1.807) is 18.2 Å². The Morgan fingerprint density at radius 2 is 2.06 bits per heavy atom.